The van der Waals surface area contributed by atoms with Crippen LogP contribution in [0.5, 0.6) is 0 Å². The van der Waals surface area contributed by atoms with E-state index in [0.29, 0.717) is 18.7 Å². The van der Waals surface area contributed by atoms with E-state index in [9.17, 15) is 9.90 Å². The number of thiophene rings is 1. The molecule has 1 aliphatic heterocycles. The molecule has 4 rings (SSSR count). The van der Waals surface area contributed by atoms with Gasteiger partial charge in [-0.15, -0.1) is 11.3 Å². The number of aromatic nitrogens is 3. The molecule has 1 saturated heterocycles. The van der Waals surface area contributed by atoms with Crippen LogP contribution in [0, 0.1) is 0 Å². The fraction of sp³-hybridized carbons (Fsp3) is 0.312. The van der Waals surface area contributed by atoms with Gasteiger partial charge in [-0.1, -0.05) is 6.07 Å². The summed E-state index contributed by atoms with van der Waals surface area (Å²) in [6, 6.07) is 5.49. The average Bonchev–Trinajstić information content (AvgIpc) is 3.27. The molecule has 6 nitrogen and oxygen atoms in total. The van der Waals surface area contributed by atoms with Crippen molar-refractivity contribution < 1.29 is 9.90 Å². The summed E-state index contributed by atoms with van der Waals surface area (Å²) >= 11 is 1.63. The number of nitrogens with zero attached hydrogens (tertiary/aromatic N) is 4. The molecule has 0 amide bonds. The van der Waals surface area contributed by atoms with Crippen LogP contribution in [0.2, 0.25) is 0 Å². The largest absolute Gasteiger partial charge is 0.480 e. The van der Waals surface area contributed by atoms with Crippen LogP contribution in [0.15, 0.2) is 36.0 Å². The van der Waals surface area contributed by atoms with Crippen molar-refractivity contribution in [3.8, 4) is 10.6 Å². The summed E-state index contributed by atoms with van der Waals surface area (Å²) in [6.07, 6.45) is 5.28. The molecule has 0 spiro atoms. The van der Waals surface area contributed by atoms with Crippen LogP contribution in [0.25, 0.3) is 16.3 Å². The number of imidazole rings is 1. The fourth-order valence-electron chi connectivity index (χ4n) is 3.18. The molecule has 0 bridgehead atoms. The Kier molecular flexibility index (Phi) is 3.59. The van der Waals surface area contributed by atoms with Gasteiger partial charge in [0.2, 0.25) is 5.78 Å². The van der Waals surface area contributed by atoms with Crippen LogP contribution in [0.3, 0.4) is 0 Å². The van der Waals surface area contributed by atoms with E-state index in [1.807, 2.05) is 39.1 Å². The standard InChI is InChI=1S/C16H16N4O2S/c21-15(22)11-4-1-7-19(11)10-12-14(13-5-2-9-23-13)18-16-17-6-3-8-20(12)16/h2-3,5-6,8-9,11H,1,4,7,10H2,(H,21,22)/t11-/m1/s1. The Morgan fingerprint density at radius 1 is 1.43 bits per heavy atom. The molecule has 7 heteroatoms. The van der Waals surface area contributed by atoms with Gasteiger partial charge in [0.25, 0.3) is 0 Å². The van der Waals surface area contributed by atoms with Crippen LogP contribution in [0.4, 0.5) is 0 Å². The number of carboxylic acid groups (broad SMARTS) is 1. The number of fused-ring (bicyclic) bond motifs is 1. The molecular weight excluding hydrogens is 312 g/mol. The summed E-state index contributed by atoms with van der Waals surface area (Å²) in [5.41, 5.74) is 1.90. The second-order valence-electron chi connectivity index (χ2n) is 5.64. The maximum absolute atomic E-state index is 11.4. The maximum atomic E-state index is 11.4. The first-order valence-electron chi connectivity index (χ1n) is 7.57. The van der Waals surface area contributed by atoms with Gasteiger partial charge >= 0.3 is 5.97 Å². The number of hydrogen-bond acceptors (Lipinski definition) is 5. The summed E-state index contributed by atoms with van der Waals surface area (Å²) in [4.78, 5) is 23.5. The number of likely N-dealkylation sites (tertiary alicyclic amines) is 1. The number of aliphatic carboxylic acids is 1. The van der Waals surface area contributed by atoms with E-state index in [-0.39, 0.29) is 0 Å². The smallest absolute Gasteiger partial charge is 0.320 e. The van der Waals surface area contributed by atoms with Crippen molar-refractivity contribution in [2.75, 3.05) is 6.54 Å². The molecule has 0 aromatic carbocycles. The molecule has 1 atom stereocenters. The van der Waals surface area contributed by atoms with Gasteiger partial charge in [-0.05, 0) is 36.9 Å². The molecular formula is C16H16N4O2S. The summed E-state index contributed by atoms with van der Waals surface area (Å²) in [5.74, 6) is -0.0934. The average molecular weight is 328 g/mol. The summed E-state index contributed by atoms with van der Waals surface area (Å²) in [6.45, 7) is 1.37. The topological polar surface area (TPSA) is 70.7 Å². The molecule has 118 valence electrons. The van der Waals surface area contributed by atoms with Gasteiger partial charge in [0, 0.05) is 18.9 Å². The summed E-state index contributed by atoms with van der Waals surface area (Å²) < 4.78 is 1.96. The van der Waals surface area contributed by atoms with Crippen molar-refractivity contribution in [2.24, 2.45) is 0 Å². The van der Waals surface area contributed by atoms with Crippen molar-refractivity contribution in [1.29, 1.82) is 0 Å². The Labute approximate surface area is 137 Å². The van der Waals surface area contributed by atoms with Gasteiger partial charge in [0.1, 0.15) is 11.7 Å². The Morgan fingerprint density at radius 2 is 2.35 bits per heavy atom. The third-order valence-electron chi connectivity index (χ3n) is 4.26. The monoisotopic (exact) mass is 328 g/mol. The van der Waals surface area contributed by atoms with Gasteiger partial charge in [0.15, 0.2) is 0 Å². The molecule has 0 radical (unpaired) electrons. The minimum atomic E-state index is -0.743. The van der Waals surface area contributed by atoms with Crippen molar-refractivity contribution in [2.45, 2.75) is 25.4 Å². The zero-order valence-electron chi connectivity index (χ0n) is 12.4. The van der Waals surface area contributed by atoms with Gasteiger partial charge in [-0.3, -0.25) is 14.1 Å². The highest BCUT2D eigenvalue weighted by molar-refractivity contribution is 7.13. The van der Waals surface area contributed by atoms with Gasteiger partial charge in [-0.2, -0.15) is 0 Å². The number of carboxylic acids is 1. The van der Waals surface area contributed by atoms with Crippen molar-refractivity contribution >= 4 is 23.1 Å². The molecule has 0 saturated carbocycles. The first kappa shape index (κ1) is 14.3. The molecule has 0 unspecified atom stereocenters. The molecule has 1 aliphatic rings. The van der Waals surface area contributed by atoms with Gasteiger partial charge in [-0.25, -0.2) is 9.97 Å². The zero-order chi connectivity index (χ0) is 15.8. The van der Waals surface area contributed by atoms with Crippen molar-refractivity contribution in [3.05, 3.63) is 41.7 Å². The van der Waals surface area contributed by atoms with Crippen LogP contribution in [-0.2, 0) is 11.3 Å². The van der Waals surface area contributed by atoms with Crippen LogP contribution >= 0.6 is 11.3 Å². The lowest BCUT2D eigenvalue weighted by molar-refractivity contribution is -0.142. The lowest BCUT2D eigenvalue weighted by atomic mass is 10.2. The van der Waals surface area contributed by atoms with Crippen molar-refractivity contribution in [1.82, 2.24) is 19.3 Å². The number of carbonyl (C=O) groups is 1. The van der Waals surface area contributed by atoms with E-state index in [1.54, 1.807) is 17.5 Å². The van der Waals surface area contributed by atoms with E-state index < -0.39 is 12.0 Å². The van der Waals surface area contributed by atoms with Gasteiger partial charge < -0.3 is 5.11 Å². The highest BCUT2D eigenvalue weighted by Gasteiger charge is 2.32. The first-order valence-corrected chi connectivity index (χ1v) is 8.44. The number of rotatable bonds is 4. The van der Waals surface area contributed by atoms with Crippen LogP contribution in [-0.4, -0.2) is 42.9 Å². The van der Waals surface area contributed by atoms with E-state index in [0.717, 1.165) is 29.2 Å². The lowest BCUT2D eigenvalue weighted by Gasteiger charge is -2.21. The second-order valence-corrected chi connectivity index (χ2v) is 6.59. The molecule has 3 aromatic heterocycles. The molecule has 0 aliphatic carbocycles. The Morgan fingerprint density at radius 3 is 3.13 bits per heavy atom. The zero-order valence-corrected chi connectivity index (χ0v) is 13.2. The maximum Gasteiger partial charge on any atom is 0.320 e. The van der Waals surface area contributed by atoms with Crippen LogP contribution < -0.4 is 0 Å². The van der Waals surface area contributed by atoms with Gasteiger partial charge in [0.05, 0.1) is 10.6 Å². The number of hydrogen-bond donors (Lipinski definition) is 1. The van der Waals surface area contributed by atoms with E-state index in [1.165, 1.54) is 0 Å². The Bertz CT molecular complexity index is 843. The van der Waals surface area contributed by atoms with Crippen LogP contribution in [0.1, 0.15) is 18.5 Å². The van der Waals surface area contributed by atoms with Crippen molar-refractivity contribution in [3.63, 3.8) is 0 Å². The highest BCUT2D eigenvalue weighted by atomic mass is 32.1. The lowest BCUT2D eigenvalue weighted by Crippen LogP contribution is -2.35. The molecule has 4 heterocycles. The van der Waals surface area contributed by atoms with E-state index in [4.69, 9.17) is 0 Å². The predicted octanol–water partition coefficient (Wildman–Crippen LogP) is 2.51. The SMILES string of the molecule is O=C(O)[C@H]1CCCN1Cc1c(-c2cccs2)nc2ncccn12. The minimum Gasteiger partial charge on any atom is -0.480 e. The molecule has 1 fully saturated rings. The molecule has 1 N–H and O–H groups in total. The predicted molar refractivity (Wildman–Crippen MR) is 87.4 cm³/mol. The molecule has 23 heavy (non-hydrogen) atoms. The second kappa shape index (κ2) is 5.75. The Balaban J connectivity index is 1.79. The Hall–Kier alpha value is -2.25. The molecule has 3 aromatic rings. The fourth-order valence-corrected chi connectivity index (χ4v) is 3.92. The summed E-state index contributed by atoms with van der Waals surface area (Å²) in [5, 5.41) is 11.4. The minimum absolute atomic E-state index is 0.409. The third-order valence-corrected chi connectivity index (χ3v) is 5.14. The first-order chi connectivity index (χ1) is 11.2. The third kappa shape index (κ3) is 2.51. The summed E-state index contributed by atoms with van der Waals surface area (Å²) in [7, 11) is 0. The normalized spacial score (nSPS) is 18.7. The highest BCUT2D eigenvalue weighted by Crippen LogP contribution is 2.30. The van der Waals surface area contributed by atoms with E-state index in [2.05, 4.69) is 9.97 Å². The van der Waals surface area contributed by atoms with E-state index >= 15 is 0 Å². The quantitative estimate of drug-likeness (QED) is 0.797.